The maximum Gasteiger partial charge on any atom is 0.286 e. The molecule has 8 heteroatoms. The first kappa shape index (κ1) is 18.2. The van der Waals surface area contributed by atoms with Crippen LogP contribution in [0.3, 0.4) is 0 Å². The molecule has 0 atom stereocenters. The van der Waals surface area contributed by atoms with Gasteiger partial charge >= 0.3 is 0 Å². The van der Waals surface area contributed by atoms with E-state index in [2.05, 4.69) is 9.71 Å². The number of amides is 1. The molecule has 0 radical (unpaired) electrons. The molecule has 1 aromatic carbocycles. The van der Waals surface area contributed by atoms with Gasteiger partial charge in [-0.05, 0) is 31.4 Å². The largest absolute Gasteiger partial charge is 0.352 e. The number of hydrogen-bond donors (Lipinski definition) is 1. The molecule has 136 valence electrons. The molecule has 2 aliphatic heterocycles. The molecule has 2 aliphatic rings. The van der Waals surface area contributed by atoms with Gasteiger partial charge in [0.2, 0.25) is 0 Å². The lowest BCUT2D eigenvalue weighted by Gasteiger charge is -2.30. The van der Waals surface area contributed by atoms with Gasteiger partial charge in [-0.25, -0.2) is 0 Å². The van der Waals surface area contributed by atoms with Crippen molar-refractivity contribution in [2.75, 3.05) is 18.0 Å². The summed E-state index contributed by atoms with van der Waals surface area (Å²) in [6.07, 6.45) is 5.38. The molecule has 1 amide bonds. The standard InChI is InChI=1S/C17H22ClN3O3S/c1-2-3-8-19-17(22)12-10-15-14(11-13(12)18)21-9-6-4-5-7-16(21)20-25(15,23)24/h10-11H,2-9H2,1H3,(H,19,22). The van der Waals surface area contributed by atoms with Crippen LogP contribution < -0.4 is 10.2 Å². The van der Waals surface area contributed by atoms with E-state index in [0.717, 1.165) is 32.1 Å². The van der Waals surface area contributed by atoms with E-state index in [1.54, 1.807) is 6.07 Å². The summed E-state index contributed by atoms with van der Waals surface area (Å²) in [6.45, 7) is 3.27. The van der Waals surface area contributed by atoms with Gasteiger partial charge in [-0.1, -0.05) is 31.4 Å². The third-order valence-electron chi connectivity index (χ3n) is 4.50. The molecule has 3 rings (SSSR count). The van der Waals surface area contributed by atoms with Crippen LogP contribution in [0.25, 0.3) is 0 Å². The van der Waals surface area contributed by atoms with Gasteiger partial charge in [0.25, 0.3) is 15.9 Å². The van der Waals surface area contributed by atoms with E-state index in [9.17, 15) is 13.2 Å². The summed E-state index contributed by atoms with van der Waals surface area (Å²) < 4.78 is 29.2. The van der Waals surface area contributed by atoms with Crippen LogP contribution in [-0.4, -0.2) is 33.3 Å². The van der Waals surface area contributed by atoms with Gasteiger partial charge in [-0.2, -0.15) is 8.42 Å². The molecule has 0 spiro atoms. The van der Waals surface area contributed by atoms with Crippen LogP contribution in [0, 0.1) is 0 Å². The molecule has 0 saturated carbocycles. The van der Waals surface area contributed by atoms with Crippen LogP contribution in [0.5, 0.6) is 0 Å². The Balaban J connectivity index is 2.01. The van der Waals surface area contributed by atoms with E-state index in [-0.39, 0.29) is 21.4 Å². The van der Waals surface area contributed by atoms with Crippen LogP contribution in [0.15, 0.2) is 21.4 Å². The first-order chi connectivity index (χ1) is 11.9. The van der Waals surface area contributed by atoms with Gasteiger partial charge in [-0.15, -0.1) is 4.40 Å². The summed E-state index contributed by atoms with van der Waals surface area (Å²) in [5.74, 6) is 0.211. The highest BCUT2D eigenvalue weighted by Gasteiger charge is 2.33. The van der Waals surface area contributed by atoms with Crippen LogP contribution in [0.4, 0.5) is 5.69 Å². The monoisotopic (exact) mass is 383 g/mol. The lowest BCUT2D eigenvalue weighted by molar-refractivity contribution is 0.0953. The lowest BCUT2D eigenvalue weighted by Crippen LogP contribution is -2.35. The van der Waals surface area contributed by atoms with Gasteiger partial charge in [0, 0.05) is 19.5 Å². The number of rotatable bonds is 4. The third kappa shape index (κ3) is 3.67. The van der Waals surface area contributed by atoms with Gasteiger partial charge in [0.05, 0.1) is 16.3 Å². The summed E-state index contributed by atoms with van der Waals surface area (Å²) in [6, 6.07) is 2.95. The zero-order valence-corrected chi connectivity index (χ0v) is 15.8. The van der Waals surface area contributed by atoms with Crippen LogP contribution in [0.2, 0.25) is 5.02 Å². The number of amidine groups is 1. The lowest BCUT2D eigenvalue weighted by atomic mass is 10.1. The topological polar surface area (TPSA) is 78.8 Å². The third-order valence-corrected chi connectivity index (χ3v) is 6.14. The zero-order valence-electron chi connectivity index (χ0n) is 14.2. The minimum Gasteiger partial charge on any atom is -0.352 e. The zero-order chi connectivity index (χ0) is 18.0. The fourth-order valence-electron chi connectivity index (χ4n) is 3.14. The Bertz CT molecular complexity index is 821. The van der Waals surface area contributed by atoms with Gasteiger partial charge in [0.1, 0.15) is 10.7 Å². The van der Waals surface area contributed by atoms with Crippen molar-refractivity contribution in [1.29, 1.82) is 0 Å². The minimum absolute atomic E-state index is 0.0585. The Morgan fingerprint density at radius 1 is 1.32 bits per heavy atom. The van der Waals surface area contributed by atoms with Gasteiger partial charge in [-0.3, -0.25) is 4.79 Å². The minimum atomic E-state index is -3.82. The second-order valence-corrected chi connectivity index (χ2v) is 8.33. The number of carbonyl (C=O) groups excluding carboxylic acids is 1. The molecular formula is C17H22ClN3O3S. The molecule has 1 aromatic rings. The van der Waals surface area contributed by atoms with E-state index >= 15 is 0 Å². The van der Waals surface area contributed by atoms with E-state index in [4.69, 9.17) is 11.6 Å². The molecule has 1 N–H and O–H groups in total. The van der Waals surface area contributed by atoms with Crippen molar-refractivity contribution >= 4 is 39.1 Å². The second-order valence-electron chi connectivity index (χ2n) is 6.35. The molecular weight excluding hydrogens is 362 g/mol. The fraction of sp³-hybridized carbons (Fsp3) is 0.529. The van der Waals surface area contributed by atoms with E-state index in [0.29, 0.717) is 31.0 Å². The van der Waals surface area contributed by atoms with Crippen molar-refractivity contribution in [2.45, 2.75) is 50.3 Å². The SMILES string of the molecule is CCCCNC(=O)c1cc2c(cc1Cl)N1CCCCCC1=NS2(=O)=O. The van der Waals surface area contributed by atoms with Crippen LogP contribution >= 0.6 is 11.6 Å². The number of benzene rings is 1. The maximum absolute atomic E-state index is 12.6. The summed E-state index contributed by atoms with van der Waals surface area (Å²) in [4.78, 5) is 14.3. The van der Waals surface area contributed by atoms with Crippen molar-refractivity contribution in [1.82, 2.24) is 5.32 Å². The molecule has 0 unspecified atom stereocenters. The highest BCUT2D eigenvalue weighted by atomic mass is 35.5. The molecule has 0 aliphatic carbocycles. The Kier molecular flexibility index (Phi) is 5.34. The molecule has 1 fully saturated rings. The molecule has 25 heavy (non-hydrogen) atoms. The summed E-state index contributed by atoms with van der Waals surface area (Å²) >= 11 is 6.31. The number of halogens is 1. The number of unbranched alkanes of at least 4 members (excludes halogenated alkanes) is 1. The summed E-state index contributed by atoms with van der Waals surface area (Å²) in [7, 11) is -3.82. The number of fused-ring (bicyclic) bond motifs is 3. The molecule has 6 nitrogen and oxygen atoms in total. The number of nitrogens with zero attached hydrogens (tertiary/aromatic N) is 2. The van der Waals surface area contributed by atoms with Crippen molar-refractivity contribution in [2.24, 2.45) is 4.40 Å². The Labute approximate surface area is 153 Å². The van der Waals surface area contributed by atoms with E-state index in [1.165, 1.54) is 6.07 Å². The highest BCUT2D eigenvalue weighted by Crippen LogP contribution is 2.37. The highest BCUT2D eigenvalue weighted by molar-refractivity contribution is 7.90. The molecule has 2 heterocycles. The average molecular weight is 384 g/mol. The van der Waals surface area contributed by atoms with Crippen molar-refractivity contribution < 1.29 is 13.2 Å². The van der Waals surface area contributed by atoms with Crippen molar-refractivity contribution in [3.8, 4) is 0 Å². The summed E-state index contributed by atoms with van der Waals surface area (Å²) in [5.41, 5.74) is 0.704. The number of sulfonamides is 1. The van der Waals surface area contributed by atoms with Gasteiger partial charge in [0.15, 0.2) is 0 Å². The quantitative estimate of drug-likeness (QED) is 0.808. The predicted molar refractivity (Wildman–Crippen MR) is 99.1 cm³/mol. The number of hydrogen-bond acceptors (Lipinski definition) is 4. The Morgan fingerprint density at radius 2 is 2.12 bits per heavy atom. The fourth-order valence-corrected chi connectivity index (χ4v) is 4.65. The molecule has 1 saturated heterocycles. The maximum atomic E-state index is 12.6. The first-order valence-corrected chi connectivity index (χ1v) is 10.5. The smallest absolute Gasteiger partial charge is 0.286 e. The number of nitrogens with one attached hydrogen (secondary N) is 1. The van der Waals surface area contributed by atoms with Crippen molar-refractivity contribution in [3.63, 3.8) is 0 Å². The van der Waals surface area contributed by atoms with Crippen LogP contribution in [0.1, 0.15) is 55.8 Å². The summed E-state index contributed by atoms with van der Waals surface area (Å²) in [5, 5.41) is 3.03. The number of carbonyl (C=O) groups is 1. The first-order valence-electron chi connectivity index (χ1n) is 8.67. The van der Waals surface area contributed by atoms with E-state index in [1.807, 2.05) is 11.8 Å². The van der Waals surface area contributed by atoms with Crippen LogP contribution in [-0.2, 0) is 10.0 Å². The average Bonchev–Trinajstić information content (AvgIpc) is 2.79. The molecule has 0 aromatic heterocycles. The Morgan fingerprint density at radius 3 is 2.88 bits per heavy atom. The Hall–Kier alpha value is -1.60. The normalized spacial score (nSPS) is 18.6. The second kappa shape index (κ2) is 7.33. The van der Waals surface area contributed by atoms with Gasteiger partial charge < -0.3 is 10.2 Å². The van der Waals surface area contributed by atoms with E-state index < -0.39 is 10.0 Å². The number of anilines is 1. The molecule has 0 bridgehead atoms. The predicted octanol–water partition coefficient (Wildman–Crippen LogP) is 3.35. The van der Waals surface area contributed by atoms with Crippen molar-refractivity contribution in [3.05, 3.63) is 22.7 Å².